The average molecular weight is 187 g/mol. The molecule has 1 aliphatic heterocycles. The minimum atomic E-state index is -1.03. The number of amides is 1. The van der Waals surface area contributed by atoms with Crippen LogP contribution in [-0.2, 0) is 9.53 Å². The third kappa shape index (κ3) is 2.97. The molecule has 0 spiro atoms. The molecule has 76 valence electrons. The van der Waals surface area contributed by atoms with Gasteiger partial charge in [0.1, 0.15) is 6.61 Å². The molecule has 4 heteroatoms. The number of rotatable bonds is 2. The van der Waals surface area contributed by atoms with Crippen molar-refractivity contribution in [2.24, 2.45) is 5.41 Å². The van der Waals surface area contributed by atoms with Crippen molar-refractivity contribution in [2.45, 2.75) is 33.6 Å². The predicted octanol–water partition coefficient (Wildman–Crippen LogP) is 0.557. The minimum absolute atomic E-state index is 0.00527. The van der Waals surface area contributed by atoms with Gasteiger partial charge in [0.25, 0.3) is 5.91 Å². The number of aliphatic hydroxyl groups is 1. The van der Waals surface area contributed by atoms with E-state index in [0.717, 1.165) is 6.42 Å². The van der Waals surface area contributed by atoms with E-state index in [-0.39, 0.29) is 17.9 Å². The first-order chi connectivity index (χ1) is 5.90. The fraction of sp³-hybridized carbons (Fsp3) is 0.889. The SMILES string of the molecule is CC(C)(C)CCN1C(=O)COC1O. The molecule has 0 aromatic heterocycles. The zero-order chi connectivity index (χ0) is 10.1. The fourth-order valence-electron chi connectivity index (χ4n) is 1.13. The van der Waals surface area contributed by atoms with Gasteiger partial charge < -0.3 is 9.84 Å². The van der Waals surface area contributed by atoms with E-state index in [4.69, 9.17) is 4.74 Å². The Morgan fingerprint density at radius 1 is 1.62 bits per heavy atom. The van der Waals surface area contributed by atoms with E-state index in [0.29, 0.717) is 6.54 Å². The van der Waals surface area contributed by atoms with Crippen molar-refractivity contribution in [3.05, 3.63) is 0 Å². The van der Waals surface area contributed by atoms with E-state index in [1.54, 1.807) is 0 Å². The Morgan fingerprint density at radius 3 is 2.62 bits per heavy atom. The highest BCUT2D eigenvalue weighted by Crippen LogP contribution is 2.20. The second-order valence-corrected chi connectivity index (χ2v) is 4.54. The lowest BCUT2D eigenvalue weighted by atomic mass is 9.92. The molecule has 1 atom stereocenters. The van der Waals surface area contributed by atoms with Crippen LogP contribution in [0, 0.1) is 5.41 Å². The monoisotopic (exact) mass is 187 g/mol. The average Bonchev–Trinajstić information content (AvgIpc) is 2.27. The number of hydrogen-bond acceptors (Lipinski definition) is 3. The Bertz CT molecular complexity index is 198. The van der Waals surface area contributed by atoms with Crippen LogP contribution in [-0.4, -0.2) is 35.5 Å². The van der Waals surface area contributed by atoms with Crippen molar-refractivity contribution in [3.63, 3.8) is 0 Å². The molecule has 0 aliphatic carbocycles. The Balaban J connectivity index is 2.40. The number of carbonyl (C=O) groups is 1. The van der Waals surface area contributed by atoms with Gasteiger partial charge in [-0.25, -0.2) is 0 Å². The smallest absolute Gasteiger partial charge is 0.252 e. The van der Waals surface area contributed by atoms with Gasteiger partial charge in [0.05, 0.1) is 0 Å². The number of hydrogen-bond donors (Lipinski definition) is 1. The van der Waals surface area contributed by atoms with Crippen LogP contribution >= 0.6 is 0 Å². The largest absolute Gasteiger partial charge is 0.351 e. The van der Waals surface area contributed by atoms with E-state index in [2.05, 4.69) is 20.8 Å². The summed E-state index contributed by atoms with van der Waals surface area (Å²) in [6, 6.07) is 0. The third-order valence-corrected chi connectivity index (χ3v) is 2.05. The van der Waals surface area contributed by atoms with Gasteiger partial charge in [-0.15, -0.1) is 0 Å². The Hall–Kier alpha value is -0.610. The molecule has 1 amide bonds. The summed E-state index contributed by atoms with van der Waals surface area (Å²) in [6.07, 6.45) is -0.172. The summed E-state index contributed by atoms with van der Waals surface area (Å²) in [5, 5.41) is 9.24. The van der Waals surface area contributed by atoms with Gasteiger partial charge in [-0.1, -0.05) is 20.8 Å². The summed E-state index contributed by atoms with van der Waals surface area (Å²) >= 11 is 0. The van der Waals surface area contributed by atoms with Gasteiger partial charge in [-0.3, -0.25) is 9.69 Å². The van der Waals surface area contributed by atoms with Gasteiger partial charge in [-0.05, 0) is 11.8 Å². The van der Waals surface area contributed by atoms with Gasteiger partial charge in [-0.2, -0.15) is 0 Å². The van der Waals surface area contributed by atoms with E-state index in [9.17, 15) is 9.90 Å². The van der Waals surface area contributed by atoms with Crippen LogP contribution in [0.5, 0.6) is 0 Å². The first-order valence-electron chi connectivity index (χ1n) is 4.49. The Labute approximate surface area is 78.5 Å². The molecule has 1 unspecified atom stereocenters. The molecule has 1 heterocycles. The summed E-state index contributed by atoms with van der Waals surface area (Å²) in [5.41, 5.74) is 0.169. The van der Waals surface area contributed by atoms with Gasteiger partial charge in [0, 0.05) is 6.54 Å². The van der Waals surface area contributed by atoms with Gasteiger partial charge >= 0.3 is 0 Å². The van der Waals surface area contributed by atoms with Crippen molar-refractivity contribution in [3.8, 4) is 0 Å². The molecule has 1 aliphatic rings. The molecular weight excluding hydrogens is 170 g/mol. The standard InChI is InChI=1S/C9H17NO3/c1-9(2,3)4-5-10-7(11)6-13-8(10)12/h8,12H,4-6H2,1-3H3. The van der Waals surface area contributed by atoms with Crippen molar-refractivity contribution in [2.75, 3.05) is 13.2 Å². The highest BCUT2D eigenvalue weighted by Gasteiger charge is 2.30. The fourth-order valence-corrected chi connectivity index (χ4v) is 1.13. The Morgan fingerprint density at radius 2 is 2.23 bits per heavy atom. The van der Waals surface area contributed by atoms with Crippen molar-refractivity contribution < 1.29 is 14.6 Å². The Kier molecular flexibility index (Phi) is 2.93. The lowest BCUT2D eigenvalue weighted by Gasteiger charge is -2.24. The summed E-state index contributed by atoms with van der Waals surface area (Å²) in [6.45, 7) is 6.86. The maximum absolute atomic E-state index is 11.1. The number of carbonyl (C=O) groups excluding carboxylic acids is 1. The number of nitrogens with zero attached hydrogens (tertiary/aromatic N) is 1. The topological polar surface area (TPSA) is 49.8 Å². The summed E-state index contributed by atoms with van der Waals surface area (Å²) in [7, 11) is 0. The molecule has 13 heavy (non-hydrogen) atoms. The van der Waals surface area contributed by atoms with Crippen molar-refractivity contribution >= 4 is 5.91 Å². The van der Waals surface area contributed by atoms with E-state index in [1.807, 2.05) is 0 Å². The lowest BCUT2D eigenvalue weighted by molar-refractivity contribution is -0.148. The lowest BCUT2D eigenvalue weighted by Crippen LogP contribution is -2.35. The number of aliphatic hydroxyl groups excluding tert-OH is 1. The zero-order valence-corrected chi connectivity index (χ0v) is 8.41. The van der Waals surface area contributed by atoms with E-state index < -0.39 is 6.41 Å². The van der Waals surface area contributed by atoms with Crippen LogP contribution in [0.1, 0.15) is 27.2 Å². The van der Waals surface area contributed by atoms with Crippen molar-refractivity contribution in [1.82, 2.24) is 4.90 Å². The van der Waals surface area contributed by atoms with Crippen LogP contribution < -0.4 is 0 Å². The molecule has 1 fully saturated rings. The molecule has 0 saturated carbocycles. The van der Waals surface area contributed by atoms with Crippen LogP contribution in [0.25, 0.3) is 0 Å². The summed E-state index contributed by atoms with van der Waals surface area (Å²) in [5.74, 6) is -0.128. The molecule has 1 N–H and O–H groups in total. The maximum Gasteiger partial charge on any atom is 0.252 e. The molecule has 4 nitrogen and oxygen atoms in total. The third-order valence-electron chi connectivity index (χ3n) is 2.05. The second-order valence-electron chi connectivity index (χ2n) is 4.54. The molecule has 0 bridgehead atoms. The van der Waals surface area contributed by atoms with Crippen LogP contribution in [0.15, 0.2) is 0 Å². The predicted molar refractivity (Wildman–Crippen MR) is 47.7 cm³/mol. The number of ether oxygens (including phenoxy) is 1. The molecule has 0 radical (unpaired) electrons. The molecular formula is C9H17NO3. The highest BCUT2D eigenvalue weighted by atomic mass is 16.6. The molecule has 0 aromatic rings. The molecule has 1 saturated heterocycles. The summed E-state index contributed by atoms with van der Waals surface area (Å²) in [4.78, 5) is 12.5. The minimum Gasteiger partial charge on any atom is -0.351 e. The second kappa shape index (κ2) is 3.64. The first kappa shape index (κ1) is 10.5. The van der Waals surface area contributed by atoms with Crippen LogP contribution in [0.4, 0.5) is 0 Å². The normalized spacial score (nSPS) is 24.2. The zero-order valence-electron chi connectivity index (χ0n) is 8.41. The summed E-state index contributed by atoms with van der Waals surface area (Å²) < 4.78 is 4.77. The molecule has 1 rings (SSSR count). The maximum atomic E-state index is 11.1. The van der Waals surface area contributed by atoms with Crippen LogP contribution in [0.3, 0.4) is 0 Å². The van der Waals surface area contributed by atoms with Gasteiger partial charge in [0.2, 0.25) is 6.41 Å². The van der Waals surface area contributed by atoms with E-state index >= 15 is 0 Å². The van der Waals surface area contributed by atoms with Crippen molar-refractivity contribution in [1.29, 1.82) is 0 Å². The molecule has 0 aromatic carbocycles. The first-order valence-corrected chi connectivity index (χ1v) is 4.49. The van der Waals surface area contributed by atoms with Gasteiger partial charge in [0.15, 0.2) is 0 Å². The highest BCUT2D eigenvalue weighted by molar-refractivity contribution is 5.78. The van der Waals surface area contributed by atoms with Crippen LogP contribution in [0.2, 0.25) is 0 Å². The quantitative estimate of drug-likeness (QED) is 0.687. The van der Waals surface area contributed by atoms with E-state index in [1.165, 1.54) is 4.90 Å².